The zero-order valence-electron chi connectivity index (χ0n) is 9.26. The third-order valence-electron chi connectivity index (χ3n) is 2.18. The van der Waals surface area contributed by atoms with Crippen molar-refractivity contribution in [2.75, 3.05) is 5.75 Å². The predicted octanol–water partition coefficient (Wildman–Crippen LogP) is 3.00. The lowest BCUT2D eigenvalue weighted by atomic mass is 10.3. The first-order chi connectivity index (χ1) is 8.24. The fourth-order valence-electron chi connectivity index (χ4n) is 1.48. The van der Waals surface area contributed by atoms with E-state index in [0.717, 1.165) is 5.75 Å². The standard InChI is InChI=1S/C12H11ClN2OS/c1-2-17-12-14-8-7-11(16)15(12)10-6-4-3-5-9(10)13/h3-8H,2H2,1H3. The maximum Gasteiger partial charge on any atom is 0.258 e. The van der Waals surface area contributed by atoms with E-state index in [-0.39, 0.29) is 5.56 Å². The average molecular weight is 267 g/mol. The molecule has 2 rings (SSSR count). The number of thioether (sulfide) groups is 1. The normalized spacial score (nSPS) is 10.5. The highest BCUT2D eigenvalue weighted by Gasteiger charge is 2.09. The number of aromatic nitrogens is 2. The Labute approximate surface area is 108 Å². The van der Waals surface area contributed by atoms with E-state index in [0.29, 0.717) is 15.9 Å². The first-order valence-electron chi connectivity index (χ1n) is 5.19. The van der Waals surface area contributed by atoms with Gasteiger partial charge in [-0.2, -0.15) is 0 Å². The molecule has 3 nitrogen and oxygen atoms in total. The van der Waals surface area contributed by atoms with E-state index in [1.54, 1.807) is 6.07 Å². The van der Waals surface area contributed by atoms with E-state index in [1.807, 2.05) is 25.1 Å². The molecule has 0 amide bonds. The Morgan fingerprint density at radius 3 is 2.82 bits per heavy atom. The van der Waals surface area contributed by atoms with Crippen LogP contribution in [0.15, 0.2) is 46.5 Å². The van der Waals surface area contributed by atoms with Crippen LogP contribution in [-0.4, -0.2) is 15.3 Å². The summed E-state index contributed by atoms with van der Waals surface area (Å²) in [6, 6.07) is 8.69. The van der Waals surface area contributed by atoms with Crippen molar-refractivity contribution in [1.29, 1.82) is 0 Å². The summed E-state index contributed by atoms with van der Waals surface area (Å²) in [5, 5.41) is 1.20. The molecule has 1 aromatic heterocycles. The zero-order valence-corrected chi connectivity index (χ0v) is 10.8. The number of halogens is 1. The molecule has 17 heavy (non-hydrogen) atoms. The fraction of sp³-hybridized carbons (Fsp3) is 0.167. The Morgan fingerprint density at radius 1 is 1.35 bits per heavy atom. The summed E-state index contributed by atoms with van der Waals surface area (Å²) in [7, 11) is 0. The molecule has 0 aliphatic carbocycles. The van der Waals surface area contributed by atoms with Crippen LogP contribution in [0.5, 0.6) is 0 Å². The van der Waals surface area contributed by atoms with Crippen LogP contribution in [0.4, 0.5) is 0 Å². The highest BCUT2D eigenvalue weighted by atomic mass is 35.5. The number of para-hydroxylation sites is 1. The molecular weight excluding hydrogens is 256 g/mol. The van der Waals surface area contributed by atoms with E-state index >= 15 is 0 Å². The van der Waals surface area contributed by atoms with Gasteiger partial charge in [0.15, 0.2) is 5.16 Å². The van der Waals surface area contributed by atoms with Crippen LogP contribution in [0.1, 0.15) is 6.92 Å². The Hall–Kier alpha value is -1.26. The lowest BCUT2D eigenvalue weighted by molar-refractivity contribution is 0.796. The van der Waals surface area contributed by atoms with Gasteiger partial charge in [0.05, 0.1) is 10.7 Å². The monoisotopic (exact) mass is 266 g/mol. The summed E-state index contributed by atoms with van der Waals surface area (Å²) in [6.45, 7) is 2.01. The van der Waals surface area contributed by atoms with Crippen molar-refractivity contribution in [3.63, 3.8) is 0 Å². The zero-order chi connectivity index (χ0) is 12.3. The van der Waals surface area contributed by atoms with Crippen LogP contribution < -0.4 is 5.56 Å². The first kappa shape index (κ1) is 12.2. The van der Waals surface area contributed by atoms with Crippen LogP contribution in [0.25, 0.3) is 5.69 Å². The Kier molecular flexibility index (Phi) is 3.86. The second-order valence-electron chi connectivity index (χ2n) is 3.29. The largest absolute Gasteiger partial charge is 0.269 e. The minimum absolute atomic E-state index is 0.121. The predicted molar refractivity (Wildman–Crippen MR) is 71.2 cm³/mol. The van der Waals surface area contributed by atoms with Crippen molar-refractivity contribution in [2.24, 2.45) is 0 Å². The molecule has 0 saturated carbocycles. The van der Waals surface area contributed by atoms with Crippen molar-refractivity contribution >= 4 is 23.4 Å². The molecular formula is C12H11ClN2OS. The van der Waals surface area contributed by atoms with Crippen LogP contribution >= 0.6 is 23.4 Å². The molecule has 0 radical (unpaired) electrons. The van der Waals surface area contributed by atoms with Gasteiger partial charge in [0.2, 0.25) is 0 Å². The van der Waals surface area contributed by atoms with Gasteiger partial charge in [-0.1, -0.05) is 42.4 Å². The number of benzene rings is 1. The summed E-state index contributed by atoms with van der Waals surface area (Å²) < 4.78 is 1.54. The summed E-state index contributed by atoms with van der Waals surface area (Å²) in [5.41, 5.74) is 0.548. The minimum Gasteiger partial charge on any atom is -0.269 e. The van der Waals surface area contributed by atoms with Crippen LogP contribution in [0, 0.1) is 0 Å². The molecule has 0 bridgehead atoms. The van der Waals surface area contributed by atoms with E-state index in [9.17, 15) is 4.79 Å². The van der Waals surface area contributed by atoms with E-state index < -0.39 is 0 Å². The third-order valence-corrected chi connectivity index (χ3v) is 3.34. The molecule has 0 atom stereocenters. The molecule has 5 heteroatoms. The van der Waals surface area contributed by atoms with Gasteiger partial charge in [-0.25, -0.2) is 4.98 Å². The molecule has 2 aromatic rings. The first-order valence-corrected chi connectivity index (χ1v) is 6.56. The minimum atomic E-state index is -0.121. The van der Waals surface area contributed by atoms with Crippen molar-refractivity contribution in [1.82, 2.24) is 9.55 Å². The lowest BCUT2D eigenvalue weighted by Crippen LogP contribution is -2.20. The third kappa shape index (κ3) is 2.53. The number of hydrogen-bond donors (Lipinski definition) is 0. The molecule has 0 N–H and O–H groups in total. The van der Waals surface area contributed by atoms with Gasteiger partial charge in [-0.15, -0.1) is 0 Å². The lowest BCUT2D eigenvalue weighted by Gasteiger charge is -2.11. The van der Waals surface area contributed by atoms with E-state index in [1.165, 1.54) is 28.6 Å². The van der Waals surface area contributed by atoms with Crippen molar-refractivity contribution < 1.29 is 0 Å². The van der Waals surface area contributed by atoms with Crippen LogP contribution in [0.2, 0.25) is 5.02 Å². The van der Waals surface area contributed by atoms with Gasteiger partial charge in [0, 0.05) is 12.3 Å². The van der Waals surface area contributed by atoms with Crippen LogP contribution in [0.3, 0.4) is 0 Å². The SMILES string of the molecule is CCSc1nccc(=O)n1-c1ccccc1Cl. The maximum atomic E-state index is 11.9. The maximum absolute atomic E-state index is 11.9. The molecule has 0 saturated heterocycles. The van der Waals surface area contributed by atoms with Gasteiger partial charge in [-0.3, -0.25) is 9.36 Å². The van der Waals surface area contributed by atoms with Gasteiger partial charge in [0.1, 0.15) is 0 Å². The van der Waals surface area contributed by atoms with Gasteiger partial charge < -0.3 is 0 Å². The summed E-state index contributed by atoms with van der Waals surface area (Å²) in [4.78, 5) is 16.1. The second-order valence-corrected chi connectivity index (χ2v) is 4.92. The Balaban J connectivity index is 2.66. The van der Waals surface area contributed by atoms with E-state index in [4.69, 9.17) is 11.6 Å². The number of hydrogen-bond acceptors (Lipinski definition) is 3. The molecule has 0 aliphatic rings. The number of rotatable bonds is 3. The van der Waals surface area contributed by atoms with Gasteiger partial charge in [-0.05, 0) is 17.9 Å². The highest BCUT2D eigenvalue weighted by molar-refractivity contribution is 7.99. The molecule has 0 fully saturated rings. The summed E-state index contributed by atoms with van der Waals surface area (Å²) >= 11 is 7.62. The van der Waals surface area contributed by atoms with Crippen molar-refractivity contribution in [2.45, 2.75) is 12.1 Å². The van der Waals surface area contributed by atoms with Crippen LogP contribution in [-0.2, 0) is 0 Å². The fourth-order valence-corrected chi connectivity index (χ4v) is 2.41. The highest BCUT2D eigenvalue weighted by Crippen LogP contribution is 2.22. The average Bonchev–Trinajstić information content (AvgIpc) is 2.31. The molecule has 1 aromatic carbocycles. The molecule has 0 unspecified atom stereocenters. The smallest absolute Gasteiger partial charge is 0.258 e. The quantitative estimate of drug-likeness (QED) is 0.633. The van der Waals surface area contributed by atoms with E-state index in [2.05, 4.69) is 4.98 Å². The number of nitrogens with zero attached hydrogens (tertiary/aromatic N) is 2. The molecule has 0 spiro atoms. The topological polar surface area (TPSA) is 34.9 Å². The van der Waals surface area contributed by atoms with Gasteiger partial charge in [0.25, 0.3) is 5.56 Å². The second kappa shape index (κ2) is 5.38. The molecule has 88 valence electrons. The van der Waals surface area contributed by atoms with Crippen molar-refractivity contribution in [3.8, 4) is 5.69 Å². The summed E-state index contributed by atoms with van der Waals surface area (Å²) in [6.07, 6.45) is 1.52. The Bertz CT molecular complexity index is 583. The van der Waals surface area contributed by atoms with Crippen molar-refractivity contribution in [3.05, 3.63) is 51.9 Å². The van der Waals surface area contributed by atoms with Gasteiger partial charge >= 0.3 is 0 Å². The Morgan fingerprint density at radius 2 is 2.12 bits per heavy atom. The molecule has 0 aliphatic heterocycles. The summed E-state index contributed by atoms with van der Waals surface area (Å²) in [5.74, 6) is 0.848. The molecule has 1 heterocycles.